The number of hydrogen-bond acceptors (Lipinski definition) is 6. The Bertz CT molecular complexity index is 967. The second-order valence-electron chi connectivity index (χ2n) is 8.39. The van der Waals surface area contributed by atoms with E-state index in [0.29, 0.717) is 24.3 Å². The predicted octanol–water partition coefficient (Wildman–Crippen LogP) is 4.20. The number of hydrogen-bond donors (Lipinski definition) is 1. The summed E-state index contributed by atoms with van der Waals surface area (Å²) in [5.41, 5.74) is 3.68. The molecule has 5 rings (SSSR count). The fourth-order valence-corrected chi connectivity index (χ4v) is 5.18. The smallest absolute Gasteiger partial charge is 0.248 e. The lowest BCUT2D eigenvalue weighted by atomic mass is 9.82. The Kier molecular flexibility index (Phi) is 5.64. The Balaban J connectivity index is 1.05. The van der Waals surface area contributed by atoms with Gasteiger partial charge < -0.3 is 9.73 Å². The van der Waals surface area contributed by atoms with Crippen molar-refractivity contribution in [3.8, 4) is 11.5 Å². The Hall–Kier alpha value is -2.51. The number of thiophene rings is 1. The van der Waals surface area contributed by atoms with Gasteiger partial charge in [0, 0.05) is 36.5 Å². The van der Waals surface area contributed by atoms with Gasteiger partial charge in [0.25, 0.3) is 0 Å². The second kappa shape index (κ2) is 8.70. The molecule has 3 heterocycles. The number of amides is 1. The van der Waals surface area contributed by atoms with Gasteiger partial charge in [-0.15, -0.1) is 10.2 Å². The maximum absolute atomic E-state index is 12.4. The number of aromatic nitrogens is 2. The van der Waals surface area contributed by atoms with Crippen molar-refractivity contribution in [3.05, 3.63) is 58.1 Å². The first-order valence-corrected chi connectivity index (χ1v) is 11.6. The van der Waals surface area contributed by atoms with Crippen LogP contribution in [0, 0.1) is 5.92 Å². The van der Waals surface area contributed by atoms with Crippen molar-refractivity contribution in [2.24, 2.45) is 5.92 Å². The quantitative estimate of drug-likeness (QED) is 0.644. The van der Waals surface area contributed by atoms with E-state index in [2.05, 4.69) is 44.7 Å². The summed E-state index contributed by atoms with van der Waals surface area (Å²) in [6.07, 6.45) is 4.23. The standard InChI is InChI=1S/C23H26N4O2S/c28-21(14-27-12-18-3-1-2-4-19(18)13-27)24-11-16-5-7-17(8-6-16)22-25-26-23(29-22)20-9-10-30-15-20/h1-4,9-10,15-17H,5-8,11-14H2,(H,24,28). The van der Waals surface area contributed by atoms with Crippen LogP contribution < -0.4 is 5.32 Å². The molecule has 1 fully saturated rings. The van der Waals surface area contributed by atoms with Crippen LogP contribution in [0.1, 0.15) is 48.6 Å². The topological polar surface area (TPSA) is 71.3 Å². The van der Waals surface area contributed by atoms with Gasteiger partial charge in [-0.05, 0) is 54.2 Å². The maximum Gasteiger partial charge on any atom is 0.248 e. The molecule has 2 aliphatic rings. The predicted molar refractivity (Wildman–Crippen MR) is 116 cm³/mol. The lowest BCUT2D eigenvalue weighted by molar-refractivity contribution is -0.122. The highest BCUT2D eigenvalue weighted by Gasteiger charge is 2.27. The highest BCUT2D eigenvalue weighted by Crippen LogP contribution is 2.36. The van der Waals surface area contributed by atoms with Crippen LogP contribution in [-0.4, -0.2) is 34.1 Å². The van der Waals surface area contributed by atoms with E-state index < -0.39 is 0 Å². The van der Waals surface area contributed by atoms with Gasteiger partial charge in [0.05, 0.1) is 6.54 Å². The average Bonchev–Trinajstić information content (AvgIpc) is 3.52. The van der Waals surface area contributed by atoms with Crippen LogP contribution in [0.4, 0.5) is 0 Å². The summed E-state index contributed by atoms with van der Waals surface area (Å²) in [6.45, 7) is 2.96. The molecule has 1 amide bonds. The van der Waals surface area contributed by atoms with Gasteiger partial charge in [0.2, 0.25) is 17.7 Å². The molecule has 1 saturated carbocycles. The Morgan fingerprint density at radius 1 is 1.10 bits per heavy atom. The summed E-state index contributed by atoms with van der Waals surface area (Å²) >= 11 is 1.63. The number of benzene rings is 1. The van der Waals surface area contributed by atoms with E-state index in [9.17, 15) is 4.79 Å². The molecule has 7 heteroatoms. The Morgan fingerprint density at radius 2 is 1.87 bits per heavy atom. The number of carbonyl (C=O) groups is 1. The Morgan fingerprint density at radius 3 is 2.57 bits per heavy atom. The number of rotatable bonds is 6. The molecule has 0 atom stereocenters. The summed E-state index contributed by atoms with van der Waals surface area (Å²) in [6, 6.07) is 10.4. The minimum Gasteiger partial charge on any atom is -0.420 e. The van der Waals surface area contributed by atoms with Crippen molar-refractivity contribution in [3.63, 3.8) is 0 Å². The number of fused-ring (bicyclic) bond motifs is 1. The third-order valence-corrected chi connectivity index (χ3v) is 6.95. The van der Waals surface area contributed by atoms with Gasteiger partial charge in [0.15, 0.2) is 0 Å². The molecule has 0 unspecified atom stereocenters. The normalized spacial score (nSPS) is 21.5. The van der Waals surface area contributed by atoms with Crippen molar-refractivity contribution in [1.82, 2.24) is 20.4 Å². The molecule has 30 heavy (non-hydrogen) atoms. The molecular formula is C23H26N4O2S. The van der Waals surface area contributed by atoms with Crippen LogP contribution in [0.15, 0.2) is 45.5 Å². The van der Waals surface area contributed by atoms with Gasteiger partial charge >= 0.3 is 0 Å². The highest BCUT2D eigenvalue weighted by atomic mass is 32.1. The summed E-state index contributed by atoms with van der Waals surface area (Å²) in [5, 5.41) is 15.7. The monoisotopic (exact) mass is 422 g/mol. The van der Waals surface area contributed by atoms with Crippen LogP contribution in [0.3, 0.4) is 0 Å². The van der Waals surface area contributed by atoms with Crippen molar-refractivity contribution in [2.75, 3.05) is 13.1 Å². The molecule has 0 radical (unpaired) electrons. The van der Waals surface area contributed by atoms with Crippen molar-refractivity contribution < 1.29 is 9.21 Å². The molecule has 0 spiro atoms. The largest absolute Gasteiger partial charge is 0.420 e. The molecule has 0 bridgehead atoms. The van der Waals surface area contributed by atoms with E-state index in [1.165, 1.54) is 11.1 Å². The highest BCUT2D eigenvalue weighted by molar-refractivity contribution is 7.08. The zero-order chi connectivity index (χ0) is 20.3. The zero-order valence-corrected chi connectivity index (χ0v) is 17.7. The summed E-state index contributed by atoms with van der Waals surface area (Å²) in [7, 11) is 0. The molecule has 1 aliphatic carbocycles. The molecule has 1 aliphatic heterocycles. The van der Waals surface area contributed by atoms with Gasteiger partial charge in [-0.2, -0.15) is 11.3 Å². The summed E-state index contributed by atoms with van der Waals surface area (Å²) in [5.74, 6) is 2.36. The van der Waals surface area contributed by atoms with E-state index in [0.717, 1.165) is 56.8 Å². The van der Waals surface area contributed by atoms with Crippen LogP contribution in [0.5, 0.6) is 0 Å². The minimum atomic E-state index is 0.127. The van der Waals surface area contributed by atoms with Gasteiger partial charge in [-0.3, -0.25) is 9.69 Å². The van der Waals surface area contributed by atoms with E-state index in [-0.39, 0.29) is 5.91 Å². The summed E-state index contributed by atoms with van der Waals surface area (Å²) in [4.78, 5) is 14.6. The number of nitrogens with zero attached hydrogens (tertiary/aromatic N) is 3. The van der Waals surface area contributed by atoms with Crippen LogP contribution in [0.25, 0.3) is 11.5 Å². The summed E-state index contributed by atoms with van der Waals surface area (Å²) < 4.78 is 5.91. The van der Waals surface area contributed by atoms with Crippen LogP contribution >= 0.6 is 11.3 Å². The lowest BCUT2D eigenvalue weighted by Gasteiger charge is -2.27. The molecular weight excluding hydrogens is 396 g/mol. The van der Waals surface area contributed by atoms with E-state index in [1.54, 1.807) is 11.3 Å². The molecule has 1 N–H and O–H groups in total. The molecule has 156 valence electrons. The number of nitrogens with one attached hydrogen (secondary N) is 1. The molecule has 1 aromatic carbocycles. The van der Waals surface area contributed by atoms with Gasteiger partial charge in [-0.1, -0.05) is 24.3 Å². The Labute approximate surface area is 180 Å². The first kappa shape index (κ1) is 19.5. The molecule has 2 aromatic heterocycles. The third kappa shape index (κ3) is 4.32. The maximum atomic E-state index is 12.4. The van der Waals surface area contributed by atoms with Crippen molar-refractivity contribution in [2.45, 2.75) is 44.7 Å². The first-order valence-electron chi connectivity index (χ1n) is 10.7. The SMILES string of the molecule is O=C(CN1Cc2ccccc2C1)NCC1CCC(c2nnc(-c3ccsc3)o2)CC1. The van der Waals surface area contributed by atoms with E-state index in [4.69, 9.17) is 4.42 Å². The molecule has 3 aromatic rings. The molecule has 6 nitrogen and oxygen atoms in total. The van der Waals surface area contributed by atoms with Gasteiger partial charge in [0.1, 0.15) is 0 Å². The fourth-order valence-electron chi connectivity index (χ4n) is 4.55. The van der Waals surface area contributed by atoms with Crippen LogP contribution in [0.2, 0.25) is 0 Å². The van der Waals surface area contributed by atoms with E-state index in [1.807, 2.05) is 16.8 Å². The minimum absolute atomic E-state index is 0.127. The fraction of sp³-hybridized carbons (Fsp3) is 0.435. The lowest BCUT2D eigenvalue weighted by Crippen LogP contribution is -2.37. The van der Waals surface area contributed by atoms with Crippen molar-refractivity contribution >= 4 is 17.2 Å². The van der Waals surface area contributed by atoms with Gasteiger partial charge in [-0.25, -0.2) is 0 Å². The second-order valence-corrected chi connectivity index (χ2v) is 9.17. The first-order chi connectivity index (χ1) is 14.7. The van der Waals surface area contributed by atoms with E-state index >= 15 is 0 Å². The third-order valence-electron chi connectivity index (χ3n) is 6.27. The van der Waals surface area contributed by atoms with Crippen LogP contribution in [-0.2, 0) is 17.9 Å². The number of carbonyl (C=O) groups excluding carboxylic acids is 1. The zero-order valence-electron chi connectivity index (χ0n) is 16.9. The molecule has 0 saturated heterocycles. The average molecular weight is 423 g/mol. The van der Waals surface area contributed by atoms with Crippen molar-refractivity contribution in [1.29, 1.82) is 0 Å².